The smallest absolute Gasteiger partial charge is 0.266 e. The molecule has 30 heavy (non-hydrogen) atoms. The van der Waals surface area contributed by atoms with Gasteiger partial charge in [-0.3, -0.25) is 4.79 Å². The van der Waals surface area contributed by atoms with Crippen LogP contribution in [0.4, 0.5) is 4.39 Å². The van der Waals surface area contributed by atoms with Gasteiger partial charge in [-0.1, -0.05) is 6.07 Å². The van der Waals surface area contributed by atoms with Crippen LogP contribution < -0.4 is 15.0 Å². The highest BCUT2D eigenvalue weighted by molar-refractivity contribution is 7.89. The summed E-state index contributed by atoms with van der Waals surface area (Å²) in [4.78, 5) is 12.1. The third kappa shape index (κ3) is 5.11. The molecule has 0 spiro atoms. The number of hydrogen-bond acceptors (Lipinski definition) is 5. The van der Waals surface area contributed by atoms with Gasteiger partial charge in [0.1, 0.15) is 16.5 Å². The highest BCUT2D eigenvalue weighted by Gasteiger charge is 2.19. The number of ether oxygens (including phenoxy) is 1. The largest absolute Gasteiger partial charge is 0.495 e. The maximum absolute atomic E-state index is 13.1. The Bertz CT molecular complexity index is 1190. The summed E-state index contributed by atoms with van der Waals surface area (Å²) in [6.45, 7) is 2.19. The monoisotopic (exact) mass is 431 g/mol. The number of methoxy groups -OCH3 is 1. The van der Waals surface area contributed by atoms with Crippen molar-refractivity contribution in [1.82, 2.24) is 14.5 Å². The van der Waals surface area contributed by atoms with Gasteiger partial charge in [0.2, 0.25) is 10.0 Å². The number of nitrogens with one attached hydrogen (secondary N) is 1. The van der Waals surface area contributed by atoms with E-state index in [0.717, 1.165) is 5.56 Å². The Morgan fingerprint density at radius 2 is 1.83 bits per heavy atom. The summed E-state index contributed by atoms with van der Waals surface area (Å²) in [6.07, 6.45) is 0.354. The molecule has 9 heteroatoms. The lowest BCUT2D eigenvalue weighted by molar-refractivity contribution is 0.402. The Hall–Kier alpha value is -3.04. The van der Waals surface area contributed by atoms with E-state index in [1.807, 2.05) is 6.92 Å². The summed E-state index contributed by atoms with van der Waals surface area (Å²) < 4.78 is 47.2. The van der Waals surface area contributed by atoms with Crippen LogP contribution in [0.2, 0.25) is 0 Å². The Balaban J connectivity index is 1.66. The second kappa shape index (κ2) is 9.19. The van der Waals surface area contributed by atoms with E-state index in [9.17, 15) is 17.6 Å². The normalized spacial score (nSPS) is 11.4. The highest BCUT2D eigenvalue weighted by atomic mass is 32.2. The molecule has 0 unspecified atom stereocenters. The minimum atomic E-state index is -3.76. The van der Waals surface area contributed by atoms with Crippen molar-refractivity contribution in [1.29, 1.82) is 0 Å². The van der Waals surface area contributed by atoms with Crippen LogP contribution in [0.25, 0.3) is 11.3 Å². The van der Waals surface area contributed by atoms with Crippen molar-refractivity contribution >= 4 is 10.0 Å². The minimum Gasteiger partial charge on any atom is -0.495 e. The third-order valence-electron chi connectivity index (χ3n) is 4.45. The van der Waals surface area contributed by atoms with Gasteiger partial charge in [-0.05, 0) is 61.4 Å². The van der Waals surface area contributed by atoms with Crippen molar-refractivity contribution in [2.24, 2.45) is 0 Å². The number of aryl methyl sites for hydroxylation is 2. The van der Waals surface area contributed by atoms with Gasteiger partial charge in [0, 0.05) is 24.7 Å². The fraction of sp³-hybridized carbons (Fsp3) is 0.238. The molecule has 1 N–H and O–H groups in total. The van der Waals surface area contributed by atoms with Crippen LogP contribution in [0.15, 0.2) is 64.3 Å². The molecule has 2 aromatic carbocycles. The van der Waals surface area contributed by atoms with E-state index in [4.69, 9.17) is 4.74 Å². The molecule has 0 aliphatic rings. The van der Waals surface area contributed by atoms with Crippen LogP contribution in [0.3, 0.4) is 0 Å². The predicted molar refractivity (Wildman–Crippen MR) is 111 cm³/mol. The van der Waals surface area contributed by atoms with Gasteiger partial charge in [-0.15, -0.1) is 0 Å². The molecule has 0 aliphatic heterocycles. The maximum Gasteiger partial charge on any atom is 0.266 e. The zero-order valence-corrected chi connectivity index (χ0v) is 17.4. The standard InChI is InChI=1S/C21H22FN3O4S/c1-15-4-10-20(19(14-15)29-2)30(27,28)23-12-3-13-25-21(26)11-9-18(24-25)16-5-7-17(22)8-6-16/h4-11,14,23H,3,12-13H2,1-2H3. The van der Waals surface area contributed by atoms with E-state index >= 15 is 0 Å². The van der Waals surface area contributed by atoms with Gasteiger partial charge in [0.05, 0.1) is 12.8 Å². The summed E-state index contributed by atoms with van der Waals surface area (Å²) in [7, 11) is -2.34. The van der Waals surface area contributed by atoms with Crippen molar-refractivity contribution in [3.05, 3.63) is 76.3 Å². The van der Waals surface area contributed by atoms with E-state index in [1.165, 1.54) is 36.1 Å². The van der Waals surface area contributed by atoms with E-state index in [0.29, 0.717) is 17.7 Å². The molecule has 158 valence electrons. The molecule has 0 atom stereocenters. The van der Waals surface area contributed by atoms with Gasteiger partial charge in [-0.25, -0.2) is 22.2 Å². The van der Waals surface area contributed by atoms with Gasteiger partial charge in [0.15, 0.2) is 0 Å². The van der Waals surface area contributed by atoms with Crippen molar-refractivity contribution < 1.29 is 17.5 Å². The quantitative estimate of drug-likeness (QED) is 0.554. The Morgan fingerprint density at radius 3 is 2.53 bits per heavy atom. The number of benzene rings is 2. The first-order valence-corrected chi connectivity index (χ1v) is 10.8. The first kappa shape index (κ1) is 21.7. The average Bonchev–Trinajstić information content (AvgIpc) is 2.72. The number of aromatic nitrogens is 2. The zero-order valence-electron chi connectivity index (χ0n) is 16.6. The Kier molecular flexibility index (Phi) is 6.63. The lowest BCUT2D eigenvalue weighted by Crippen LogP contribution is -2.28. The first-order valence-electron chi connectivity index (χ1n) is 9.28. The zero-order chi connectivity index (χ0) is 21.7. The number of rotatable bonds is 8. The van der Waals surface area contributed by atoms with Gasteiger partial charge < -0.3 is 4.74 Å². The molecule has 1 heterocycles. The molecule has 0 saturated heterocycles. The van der Waals surface area contributed by atoms with Crippen LogP contribution in [-0.2, 0) is 16.6 Å². The Labute approximate surface area is 174 Å². The molecule has 0 amide bonds. The fourth-order valence-corrected chi connectivity index (χ4v) is 4.12. The average molecular weight is 431 g/mol. The van der Waals surface area contributed by atoms with E-state index in [1.54, 1.807) is 30.3 Å². The van der Waals surface area contributed by atoms with Crippen LogP contribution in [-0.4, -0.2) is 31.9 Å². The topological polar surface area (TPSA) is 90.3 Å². The summed E-state index contributed by atoms with van der Waals surface area (Å²) in [5, 5.41) is 4.29. The molecule has 0 saturated carbocycles. The molecule has 0 bridgehead atoms. The molecule has 3 aromatic rings. The third-order valence-corrected chi connectivity index (χ3v) is 5.95. The number of sulfonamides is 1. The summed E-state index contributed by atoms with van der Waals surface area (Å²) in [5.41, 5.74) is 1.79. The number of hydrogen-bond donors (Lipinski definition) is 1. The highest BCUT2D eigenvalue weighted by Crippen LogP contribution is 2.24. The SMILES string of the molecule is COc1cc(C)ccc1S(=O)(=O)NCCCn1nc(-c2ccc(F)cc2)ccc1=O. The van der Waals surface area contributed by atoms with E-state index < -0.39 is 10.0 Å². The molecular formula is C21H22FN3O4S. The maximum atomic E-state index is 13.1. The lowest BCUT2D eigenvalue weighted by atomic mass is 10.1. The fourth-order valence-electron chi connectivity index (χ4n) is 2.89. The first-order chi connectivity index (χ1) is 14.3. The summed E-state index contributed by atoms with van der Waals surface area (Å²) in [5.74, 6) is -0.0862. The van der Waals surface area contributed by atoms with Crippen LogP contribution in [0.5, 0.6) is 5.75 Å². The second-order valence-corrected chi connectivity index (χ2v) is 8.43. The lowest BCUT2D eigenvalue weighted by Gasteiger charge is -2.12. The predicted octanol–water partition coefficient (Wildman–Crippen LogP) is 2.74. The van der Waals surface area contributed by atoms with Crippen LogP contribution in [0, 0.1) is 12.7 Å². The Morgan fingerprint density at radius 1 is 1.10 bits per heavy atom. The molecule has 3 rings (SSSR count). The summed E-state index contributed by atoms with van der Waals surface area (Å²) >= 11 is 0. The molecule has 0 fully saturated rings. The minimum absolute atomic E-state index is 0.0594. The molecule has 0 radical (unpaired) electrons. The number of halogens is 1. The van der Waals surface area contributed by atoms with Crippen molar-refractivity contribution in [2.45, 2.75) is 24.8 Å². The van der Waals surface area contributed by atoms with Crippen LogP contribution in [0.1, 0.15) is 12.0 Å². The van der Waals surface area contributed by atoms with Crippen molar-refractivity contribution in [3.63, 3.8) is 0 Å². The van der Waals surface area contributed by atoms with Crippen molar-refractivity contribution in [2.75, 3.05) is 13.7 Å². The van der Waals surface area contributed by atoms with Crippen LogP contribution >= 0.6 is 0 Å². The van der Waals surface area contributed by atoms with E-state index in [-0.39, 0.29) is 35.1 Å². The molecule has 1 aromatic heterocycles. The van der Waals surface area contributed by atoms with Gasteiger partial charge in [0.25, 0.3) is 5.56 Å². The van der Waals surface area contributed by atoms with Gasteiger partial charge in [-0.2, -0.15) is 5.10 Å². The molecule has 0 aliphatic carbocycles. The van der Waals surface area contributed by atoms with E-state index in [2.05, 4.69) is 9.82 Å². The van der Waals surface area contributed by atoms with Gasteiger partial charge >= 0.3 is 0 Å². The molecular weight excluding hydrogens is 409 g/mol. The number of nitrogens with zero attached hydrogens (tertiary/aromatic N) is 2. The second-order valence-electron chi connectivity index (χ2n) is 6.69. The molecule has 7 nitrogen and oxygen atoms in total. The van der Waals surface area contributed by atoms with Crippen molar-refractivity contribution in [3.8, 4) is 17.0 Å². The summed E-state index contributed by atoms with van der Waals surface area (Å²) in [6, 6.07) is 13.6.